The van der Waals surface area contributed by atoms with Gasteiger partial charge in [-0.25, -0.2) is 0 Å². The van der Waals surface area contributed by atoms with Gasteiger partial charge in [0.05, 0.1) is 0 Å². The van der Waals surface area contributed by atoms with E-state index in [4.69, 9.17) is 5.73 Å². The van der Waals surface area contributed by atoms with Gasteiger partial charge in [0.15, 0.2) is 0 Å². The first-order valence-electron chi connectivity index (χ1n) is 6.40. The van der Waals surface area contributed by atoms with Crippen molar-refractivity contribution >= 4 is 11.8 Å². The predicted molar refractivity (Wildman–Crippen MR) is 75.4 cm³/mol. The van der Waals surface area contributed by atoms with E-state index in [9.17, 15) is 0 Å². The van der Waals surface area contributed by atoms with Crippen LogP contribution in [0.1, 0.15) is 30.9 Å². The lowest BCUT2D eigenvalue weighted by Gasteiger charge is -2.25. The monoisotopic (exact) mass is 250 g/mol. The summed E-state index contributed by atoms with van der Waals surface area (Å²) >= 11 is 1.77. The summed E-state index contributed by atoms with van der Waals surface area (Å²) < 4.78 is 0. The van der Waals surface area contributed by atoms with E-state index < -0.39 is 0 Å². The van der Waals surface area contributed by atoms with Gasteiger partial charge in [-0.05, 0) is 62.2 Å². The Labute approximate surface area is 108 Å². The maximum Gasteiger partial charge on any atom is 0.0297 e. The normalized spacial score (nSPS) is 22.4. The SMILES string of the molecule is CSc1ccc(C(N)CC2CCCNC2)cc1. The molecule has 2 unspecified atom stereocenters. The van der Waals surface area contributed by atoms with Crippen LogP contribution < -0.4 is 11.1 Å². The second-order valence-corrected chi connectivity index (χ2v) is 5.71. The van der Waals surface area contributed by atoms with Crippen molar-refractivity contribution in [2.75, 3.05) is 19.3 Å². The summed E-state index contributed by atoms with van der Waals surface area (Å²) in [5, 5.41) is 3.45. The van der Waals surface area contributed by atoms with E-state index in [1.807, 2.05) is 0 Å². The number of thioether (sulfide) groups is 1. The second-order valence-electron chi connectivity index (χ2n) is 4.83. The molecule has 3 heteroatoms. The van der Waals surface area contributed by atoms with Crippen molar-refractivity contribution in [1.29, 1.82) is 0 Å². The van der Waals surface area contributed by atoms with Crippen molar-refractivity contribution in [1.82, 2.24) is 5.32 Å². The Balaban J connectivity index is 1.91. The lowest BCUT2D eigenvalue weighted by Crippen LogP contribution is -2.31. The van der Waals surface area contributed by atoms with Crippen molar-refractivity contribution in [2.45, 2.75) is 30.2 Å². The standard InChI is InChI=1S/C14H22N2S/c1-17-13-6-4-12(5-7-13)14(15)9-11-3-2-8-16-10-11/h4-7,11,14,16H,2-3,8-10,15H2,1H3. The molecule has 2 nitrogen and oxygen atoms in total. The average Bonchev–Trinajstić information content (AvgIpc) is 2.40. The van der Waals surface area contributed by atoms with E-state index in [-0.39, 0.29) is 6.04 Å². The molecule has 0 aliphatic carbocycles. The fourth-order valence-electron chi connectivity index (χ4n) is 2.47. The quantitative estimate of drug-likeness (QED) is 0.807. The van der Waals surface area contributed by atoms with Crippen LogP contribution in [0.5, 0.6) is 0 Å². The third-order valence-electron chi connectivity index (χ3n) is 3.53. The number of nitrogens with one attached hydrogen (secondary N) is 1. The Morgan fingerprint density at radius 2 is 2.18 bits per heavy atom. The summed E-state index contributed by atoms with van der Waals surface area (Å²) in [6.07, 6.45) is 5.82. The topological polar surface area (TPSA) is 38.0 Å². The Bertz CT molecular complexity index is 331. The van der Waals surface area contributed by atoms with Gasteiger partial charge in [-0.1, -0.05) is 12.1 Å². The summed E-state index contributed by atoms with van der Waals surface area (Å²) in [5.41, 5.74) is 7.55. The van der Waals surface area contributed by atoms with Crippen LogP contribution in [0, 0.1) is 5.92 Å². The number of benzene rings is 1. The summed E-state index contributed by atoms with van der Waals surface area (Å²) in [6, 6.07) is 8.87. The fourth-order valence-corrected chi connectivity index (χ4v) is 2.88. The first kappa shape index (κ1) is 12.9. The predicted octanol–water partition coefficient (Wildman–Crippen LogP) is 2.80. The Hall–Kier alpha value is -0.510. The fraction of sp³-hybridized carbons (Fsp3) is 0.571. The highest BCUT2D eigenvalue weighted by molar-refractivity contribution is 7.98. The van der Waals surface area contributed by atoms with Crippen molar-refractivity contribution < 1.29 is 0 Å². The van der Waals surface area contributed by atoms with Gasteiger partial charge in [-0.3, -0.25) is 0 Å². The van der Waals surface area contributed by atoms with Gasteiger partial charge in [0.25, 0.3) is 0 Å². The first-order valence-corrected chi connectivity index (χ1v) is 7.62. The molecule has 1 aliphatic rings. The van der Waals surface area contributed by atoms with E-state index in [0.717, 1.165) is 18.9 Å². The highest BCUT2D eigenvalue weighted by Crippen LogP contribution is 2.25. The number of piperidine rings is 1. The summed E-state index contributed by atoms with van der Waals surface area (Å²) in [4.78, 5) is 1.31. The molecule has 17 heavy (non-hydrogen) atoms. The third-order valence-corrected chi connectivity index (χ3v) is 4.27. The van der Waals surface area contributed by atoms with Crippen LogP contribution in [0.2, 0.25) is 0 Å². The highest BCUT2D eigenvalue weighted by Gasteiger charge is 2.17. The van der Waals surface area contributed by atoms with Crippen molar-refractivity contribution in [3.8, 4) is 0 Å². The summed E-state index contributed by atoms with van der Waals surface area (Å²) in [7, 11) is 0. The Kier molecular flexibility index (Phi) is 4.89. The zero-order valence-electron chi connectivity index (χ0n) is 10.5. The maximum atomic E-state index is 6.28. The van der Waals surface area contributed by atoms with E-state index in [2.05, 4.69) is 35.8 Å². The lowest BCUT2D eigenvalue weighted by molar-refractivity contribution is 0.337. The molecule has 0 spiro atoms. The molecular formula is C14H22N2S. The number of nitrogens with two attached hydrogens (primary N) is 1. The zero-order chi connectivity index (χ0) is 12.1. The van der Waals surface area contributed by atoms with Crippen LogP contribution in [-0.4, -0.2) is 19.3 Å². The number of hydrogen-bond acceptors (Lipinski definition) is 3. The van der Waals surface area contributed by atoms with E-state index in [0.29, 0.717) is 0 Å². The van der Waals surface area contributed by atoms with E-state index in [1.165, 1.54) is 29.8 Å². The van der Waals surface area contributed by atoms with E-state index >= 15 is 0 Å². The molecular weight excluding hydrogens is 228 g/mol. The first-order chi connectivity index (χ1) is 8.29. The van der Waals surface area contributed by atoms with Gasteiger partial charge in [0.2, 0.25) is 0 Å². The molecule has 94 valence electrons. The van der Waals surface area contributed by atoms with Crippen LogP contribution in [0.25, 0.3) is 0 Å². The molecule has 1 fully saturated rings. The van der Waals surface area contributed by atoms with Crippen LogP contribution in [0.15, 0.2) is 29.2 Å². The number of hydrogen-bond donors (Lipinski definition) is 2. The molecule has 0 amide bonds. The average molecular weight is 250 g/mol. The molecule has 0 aromatic heterocycles. The maximum absolute atomic E-state index is 6.28. The summed E-state index contributed by atoms with van der Waals surface area (Å²) in [6.45, 7) is 2.31. The molecule has 1 aromatic carbocycles. The van der Waals surface area contributed by atoms with Crippen molar-refractivity contribution in [3.63, 3.8) is 0 Å². The second kappa shape index (κ2) is 6.43. The van der Waals surface area contributed by atoms with Crippen molar-refractivity contribution in [3.05, 3.63) is 29.8 Å². The number of rotatable bonds is 4. The van der Waals surface area contributed by atoms with Gasteiger partial charge in [0, 0.05) is 10.9 Å². The molecule has 0 radical (unpaired) electrons. The minimum absolute atomic E-state index is 0.191. The molecule has 1 aliphatic heterocycles. The smallest absolute Gasteiger partial charge is 0.0297 e. The minimum atomic E-state index is 0.191. The van der Waals surface area contributed by atoms with E-state index in [1.54, 1.807) is 11.8 Å². The van der Waals surface area contributed by atoms with Crippen LogP contribution in [0.3, 0.4) is 0 Å². The van der Waals surface area contributed by atoms with Crippen LogP contribution in [-0.2, 0) is 0 Å². The Morgan fingerprint density at radius 1 is 1.41 bits per heavy atom. The Morgan fingerprint density at radius 3 is 2.76 bits per heavy atom. The molecule has 2 atom stereocenters. The molecule has 1 saturated heterocycles. The lowest BCUT2D eigenvalue weighted by atomic mass is 9.90. The van der Waals surface area contributed by atoms with Gasteiger partial charge >= 0.3 is 0 Å². The van der Waals surface area contributed by atoms with Crippen LogP contribution >= 0.6 is 11.8 Å². The van der Waals surface area contributed by atoms with Gasteiger partial charge < -0.3 is 11.1 Å². The largest absolute Gasteiger partial charge is 0.324 e. The summed E-state index contributed by atoms with van der Waals surface area (Å²) in [5.74, 6) is 0.749. The van der Waals surface area contributed by atoms with Gasteiger partial charge in [-0.15, -0.1) is 11.8 Å². The van der Waals surface area contributed by atoms with Crippen LogP contribution in [0.4, 0.5) is 0 Å². The van der Waals surface area contributed by atoms with Gasteiger partial charge in [0.1, 0.15) is 0 Å². The molecule has 2 rings (SSSR count). The van der Waals surface area contributed by atoms with Crippen molar-refractivity contribution in [2.24, 2.45) is 11.7 Å². The third kappa shape index (κ3) is 3.73. The zero-order valence-corrected chi connectivity index (χ0v) is 11.3. The molecule has 3 N–H and O–H groups in total. The molecule has 1 aromatic rings. The van der Waals surface area contributed by atoms with Gasteiger partial charge in [-0.2, -0.15) is 0 Å². The molecule has 0 saturated carbocycles. The molecule has 1 heterocycles. The highest BCUT2D eigenvalue weighted by atomic mass is 32.2. The molecule has 0 bridgehead atoms. The minimum Gasteiger partial charge on any atom is -0.324 e.